The Bertz CT molecular complexity index is 278. The van der Waals surface area contributed by atoms with Crippen LogP contribution in [0.2, 0.25) is 0 Å². The van der Waals surface area contributed by atoms with Gasteiger partial charge in [-0.3, -0.25) is 4.79 Å². The molecule has 4 heteroatoms. The molecule has 3 nitrogen and oxygen atoms in total. The average Bonchev–Trinajstić information content (AvgIpc) is 2.59. The second-order valence-electron chi connectivity index (χ2n) is 5.04. The highest BCUT2D eigenvalue weighted by Crippen LogP contribution is 2.32. The smallest absolute Gasteiger partial charge is 0.226 e. The van der Waals surface area contributed by atoms with E-state index in [0.717, 1.165) is 19.3 Å². The van der Waals surface area contributed by atoms with Gasteiger partial charge >= 0.3 is 0 Å². The number of nitrogens with zero attached hydrogens (tertiary/aromatic N) is 1. The Labute approximate surface area is 103 Å². The van der Waals surface area contributed by atoms with Gasteiger partial charge in [-0.1, -0.05) is 25.6 Å². The van der Waals surface area contributed by atoms with Crippen molar-refractivity contribution in [2.24, 2.45) is 17.6 Å². The van der Waals surface area contributed by atoms with Crippen molar-refractivity contribution in [1.29, 1.82) is 0 Å². The van der Waals surface area contributed by atoms with E-state index in [2.05, 4.69) is 6.92 Å². The molecule has 0 bridgehead atoms. The zero-order valence-electron chi connectivity index (χ0n) is 10.4. The van der Waals surface area contributed by atoms with Gasteiger partial charge in [-0.25, -0.2) is 0 Å². The molecule has 0 spiro atoms. The third-order valence-corrected chi connectivity index (χ3v) is 3.54. The first-order chi connectivity index (χ1) is 7.43. The zero-order chi connectivity index (χ0) is 12.3. The predicted molar refractivity (Wildman–Crippen MR) is 70.1 cm³/mol. The maximum Gasteiger partial charge on any atom is 0.226 e. The van der Waals surface area contributed by atoms with Crippen LogP contribution in [0, 0.1) is 11.8 Å². The fourth-order valence-electron chi connectivity index (χ4n) is 2.41. The van der Waals surface area contributed by atoms with Crippen LogP contribution in [0.1, 0.15) is 40.0 Å². The largest absolute Gasteiger partial charge is 0.392 e. The molecule has 0 heterocycles. The Morgan fingerprint density at radius 3 is 2.50 bits per heavy atom. The summed E-state index contributed by atoms with van der Waals surface area (Å²) in [7, 11) is 0. The summed E-state index contributed by atoms with van der Waals surface area (Å²) in [6.45, 7) is 6.59. The van der Waals surface area contributed by atoms with Gasteiger partial charge in [-0.05, 0) is 32.6 Å². The van der Waals surface area contributed by atoms with Crippen molar-refractivity contribution >= 4 is 23.1 Å². The SMILES string of the molecule is CC1CCCC1C(=O)N(CC(N)=S)C(C)C. The molecule has 0 saturated heterocycles. The van der Waals surface area contributed by atoms with Crippen molar-refractivity contribution in [2.75, 3.05) is 6.54 Å². The van der Waals surface area contributed by atoms with Gasteiger partial charge in [0.05, 0.1) is 11.5 Å². The first-order valence-electron chi connectivity index (χ1n) is 6.02. The molecule has 0 aromatic heterocycles. The van der Waals surface area contributed by atoms with E-state index in [1.165, 1.54) is 0 Å². The number of carbonyl (C=O) groups is 1. The molecule has 0 aliphatic heterocycles. The van der Waals surface area contributed by atoms with E-state index >= 15 is 0 Å². The van der Waals surface area contributed by atoms with E-state index in [-0.39, 0.29) is 17.9 Å². The summed E-state index contributed by atoms with van der Waals surface area (Å²) in [6, 6.07) is 0.168. The molecule has 1 aliphatic rings. The van der Waals surface area contributed by atoms with Crippen molar-refractivity contribution in [3.63, 3.8) is 0 Å². The van der Waals surface area contributed by atoms with Gasteiger partial charge < -0.3 is 10.6 Å². The van der Waals surface area contributed by atoms with Gasteiger partial charge in [-0.2, -0.15) is 0 Å². The Balaban J connectivity index is 2.70. The molecule has 1 saturated carbocycles. The average molecular weight is 242 g/mol. The summed E-state index contributed by atoms with van der Waals surface area (Å²) < 4.78 is 0. The van der Waals surface area contributed by atoms with Crippen LogP contribution < -0.4 is 5.73 Å². The lowest BCUT2D eigenvalue weighted by Crippen LogP contribution is -2.45. The molecule has 1 rings (SSSR count). The van der Waals surface area contributed by atoms with Crippen LogP contribution in [0.4, 0.5) is 0 Å². The molecule has 1 aliphatic carbocycles. The van der Waals surface area contributed by atoms with Gasteiger partial charge in [-0.15, -0.1) is 0 Å². The Hall–Kier alpha value is -0.640. The number of hydrogen-bond acceptors (Lipinski definition) is 2. The standard InChI is InChI=1S/C12H22N2OS/c1-8(2)14(7-11(13)16)12(15)10-6-4-5-9(10)3/h8-10H,4-7H2,1-3H3,(H2,13,16). The van der Waals surface area contributed by atoms with E-state index in [4.69, 9.17) is 18.0 Å². The fraction of sp³-hybridized carbons (Fsp3) is 0.833. The number of amides is 1. The molecule has 2 atom stereocenters. The molecule has 2 N–H and O–H groups in total. The highest BCUT2D eigenvalue weighted by Gasteiger charge is 2.33. The lowest BCUT2D eigenvalue weighted by atomic mass is 9.96. The molecule has 0 radical (unpaired) electrons. The van der Waals surface area contributed by atoms with Crippen molar-refractivity contribution in [3.05, 3.63) is 0 Å². The van der Waals surface area contributed by atoms with E-state index in [1.807, 2.05) is 18.7 Å². The normalized spacial score (nSPS) is 24.8. The molecule has 0 aromatic rings. The van der Waals surface area contributed by atoms with Gasteiger partial charge in [0.2, 0.25) is 5.91 Å². The van der Waals surface area contributed by atoms with Crippen molar-refractivity contribution in [1.82, 2.24) is 4.90 Å². The van der Waals surface area contributed by atoms with Crippen LogP contribution >= 0.6 is 12.2 Å². The maximum absolute atomic E-state index is 12.3. The minimum Gasteiger partial charge on any atom is -0.392 e. The topological polar surface area (TPSA) is 46.3 Å². The van der Waals surface area contributed by atoms with Gasteiger partial charge in [0.25, 0.3) is 0 Å². The fourth-order valence-corrected chi connectivity index (χ4v) is 2.55. The van der Waals surface area contributed by atoms with Crippen LogP contribution in [0.3, 0.4) is 0 Å². The lowest BCUT2D eigenvalue weighted by molar-refractivity contribution is -0.137. The second kappa shape index (κ2) is 5.62. The lowest BCUT2D eigenvalue weighted by Gasteiger charge is -2.30. The summed E-state index contributed by atoms with van der Waals surface area (Å²) in [4.78, 5) is 14.6. The monoisotopic (exact) mass is 242 g/mol. The van der Waals surface area contributed by atoms with E-state index in [0.29, 0.717) is 17.5 Å². The first-order valence-corrected chi connectivity index (χ1v) is 6.43. The molecular weight excluding hydrogens is 220 g/mol. The number of thiocarbonyl (C=S) groups is 1. The Morgan fingerprint density at radius 2 is 2.12 bits per heavy atom. The van der Waals surface area contributed by atoms with Gasteiger partial charge in [0, 0.05) is 12.0 Å². The van der Waals surface area contributed by atoms with Gasteiger partial charge in [0.1, 0.15) is 0 Å². The Kier molecular flexibility index (Phi) is 4.71. The van der Waals surface area contributed by atoms with E-state index in [9.17, 15) is 4.79 Å². The summed E-state index contributed by atoms with van der Waals surface area (Å²) in [5, 5.41) is 0. The van der Waals surface area contributed by atoms with Crippen molar-refractivity contribution in [3.8, 4) is 0 Å². The number of hydrogen-bond donors (Lipinski definition) is 1. The molecular formula is C12H22N2OS. The number of nitrogens with two attached hydrogens (primary N) is 1. The first kappa shape index (κ1) is 13.4. The summed E-state index contributed by atoms with van der Waals surface area (Å²) in [5.41, 5.74) is 5.54. The zero-order valence-corrected chi connectivity index (χ0v) is 11.2. The summed E-state index contributed by atoms with van der Waals surface area (Å²) >= 11 is 4.90. The quantitative estimate of drug-likeness (QED) is 0.766. The van der Waals surface area contributed by atoms with Crippen LogP contribution in [-0.2, 0) is 4.79 Å². The van der Waals surface area contributed by atoms with E-state index in [1.54, 1.807) is 0 Å². The highest BCUT2D eigenvalue weighted by molar-refractivity contribution is 7.80. The molecule has 1 amide bonds. The van der Waals surface area contributed by atoms with Gasteiger partial charge in [0.15, 0.2) is 0 Å². The predicted octanol–water partition coefficient (Wildman–Crippen LogP) is 1.95. The molecule has 1 fully saturated rings. The van der Waals surface area contributed by atoms with Crippen LogP contribution in [0.5, 0.6) is 0 Å². The van der Waals surface area contributed by atoms with Crippen molar-refractivity contribution < 1.29 is 4.79 Å². The summed E-state index contributed by atoms with van der Waals surface area (Å²) in [5.74, 6) is 0.907. The highest BCUT2D eigenvalue weighted by atomic mass is 32.1. The minimum absolute atomic E-state index is 0.168. The minimum atomic E-state index is 0.168. The number of rotatable bonds is 4. The van der Waals surface area contributed by atoms with Crippen LogP contribution in [0.25, 0.3) is 0 Å². The summed E-state index contributed by atoms with van der Waals surface area (Å²) in [6.07, 6.45) is 3.34. The number of carbonyl (C=O) groups excluding carboxylic acids is 1. The molecule has 16 heavy (non-hydrogen) atoms. The molecule has 0 aromatic carbocycles. The third-order valence-electron chi connectivity index (χ3n) is 3.41. The van der Waals surface area contributed by atoms with Crippen LogP contribution in [-0.4, -0.2) is 28.4 Å². The Morgan fingerprint density at radius 1 is 1.50 bits per heavy atom. The maximum atomic E-state index is 12.3. The molecule has 92 valence electrons. The van der Waals surface area contributed by atoms with Crippen molar-refractivity contribution in [2.45, 2.75) is 46.1 Å². The molecule has 2 unspecified atom stereocenters. The second-order valence-corrected chi connectivity index (χ2v) is 5.57. The third kappa shape index (κ3) is 3.17. The van der Waals surface area contributed by atoms with Crippen LogP contribution in [0.15, 0.2) is 0 Å². The van der Waals surface area contributed by atoms with E-state index < -0.39 is 0 Å².